The second-order valence-corrected chi connectivity index (χ2v) is 6.11. The third-order valence-electron chi connectivity index (χ3n) is 3.95. The van der Waals surface area contributed by atoms with Gasteiger partial charge in [0.15, 0.2) is 0 Å². The van der Waals surface area contributed by atoms with Crippen LogP contribution in [0.2, 0.25) is 0 Å². The Morgan fingerprint density at radius 3 is 2.22 bits per heavy atom. The molecule has 1 rings (SSSR count). The van der Waals surface area contributed by atoms with Crippen molar-refractivity contribution in [2.45, 2.75) is 71.6 Å². The van der Waals surface area contributed by atoms with Crippen LogP contribution in [0.3, 0.4) is 0 Å². The summed E-state index contributed by atoms with van der Waals surface area (Å²) >= 11 is 0. The Bertz CT molecular complexity index is 445. The quantitative estimate of drug-likeness (QED) is 0.271. The minimum atomic E-state index is -0.245. The summed E-state index contributed by atoms with van der Waals surface area (Å²) in [5.74, 6) is -0.245. The van der Waals surface area contributed by atoms with Crippen molar-refractivity contribution in [3.8, 4) is 0 Å². The molecule has 0 saturated heterocycles. The Kier molecular flexibility index (Phi) is 10.9. The predicted octanol–water partition coefficient (Wildman–Crippen LogP) is 5.95. The molecule has 2 heteroatoms. The number of aryl methyl sites for hydroxylation is 1. The van der Waals surface area contributed by atoms with Crippen LogP contribution in [0.5, 0.6) is 0 Å². The minimum Gasteiger partial charge on any atom is -0.463 e. The third kappa shape index (κ3) is 9.93. The van der Waals surface area contributed by atoms with E-state index in [1.807, 2.05) is 6.08 Å². The van der Waals surface area contributed by atoms with Crippen LogP contribution in [0.25, 0.3) is 6.08 Å². The summed E-state index contributed by atoms with van der Waals surface area (Å²) in [7, 11) is 0. The van der Waals surface area contributed by atoms with Crippen molar-refractivity contribution in [1.29, 1.82) is 0 Å². The number of benzene rings is 1. The first kappa shape index (κ1) is 19.5. The summed E-state index contributed by atoms with van der Waals surface area (Å²) in [6.45, 7) is 4.93. The lowest BCUT2D eigenvalue weighted by Gasteiger charge is -2.02. The first-order valence-electron chi connectivity index (χ1n) is 9.20. The lowest BCUT2D eigenvalue weighted by molar-refractivity contribution is -0.137. The molecule has 0 fully saturated rings. The average molecular weight is 316 g/mol. The number of carbonyl (C=O) groups excluding carboxylic acids is 1. The number of hydrogen-bond acceptors (Lipinski definition) is 2. The minimum absolute atomic E-state index is 0.245. The Morgan fingerprint density at radius 2 is 1.57 bits per heavy atom. The van der Waals surface area contributed by atoms with Crippen molar-refractivity contribution in [3.05, 3.63) is 41.5 Å². The van der Waals surface area contributed by atoms with Gasteiger partial charge in [0.2, 0.25) is 0 Å². The number of esters is 1. The van der Waals surface area contributed by atoms with Gasteiger partial charge in [0.05, 0.1) is 6.61 Å². The summed E-state index contributed by atoms with van der Waals surface area (Å²) in [5.41, 5.74) is 2.42. The molecule has 128 valence electrons. The van der Waals surface area contributed by atoms with E-state index in [-0.39, 0.29) is 5.97 Å². The number of carbonyl (C=O) groups is 1. The zero-order valence-corrected chi connectivity index (χ0v) is 14.9. The summed E-state index contributed by atoms with van der Waals surface area (Å²) in [6.07, 6.45) is 14.2. The van der Waals surface area contributed by atoms with Gasteiger partial charge in [0.1, 0.15) is 0 Å². The molecule has 0 aliphatic heterocycles. The van der Waals surface area contributed by atoms with Gasteiger partial charge in [0, 0.05) is 6.08 Å². The van der Waals surface area contributed by atoms with Gasteiger partial charge in [-0.25, -0.2) is 4.79 Å². The summed E-state index contributed by atoms with van der Waals surface area (Å²) in [5, 5.41) is 0. The normalized spacial score (nSPS) is 11.0. The standard InChI is InChI=1S/C21H32O2/c1-3-5-7-9-11-19-12-14-20(15-13-19)16-17-21(22)23-18-10-8-6-4-2/h12-17H,3-11,18H2,1-2H3. The number of unbranched alkanes of at least 4 members (excludes halogenated alkanes) is 6. The van der Waals surface area contributed by atoms with Crippen LogP contribution in [0.15, 0.2) is 30.3 Å². The molecule has 0 aromatic heterocycles. The van der Waals surface area contributed by atoms with Crippen LogP contribution >= 0.6 is 0 Å². The fourth-order valence-corrected chi connectivity index (χ4v) is 2.47. The van der Waals surface area contributed by atoms with Gasteiger partial charge in [-0.2, -0.15) is 0 Å². The molecule has 2 nitrogen and oxygen atoms in total. The van der Waals surface area contributed by atoms with E-state index in [0.717, 1.165) is 24.8 Å². The zero-order chi connectivity index (χ0) is 16.8. The molecule has 0 saturated carbocycles. The number of hydrogen-bond donors (Lipinski definition) is 0. The molecule has 0 radical (unpaired) electrons. The zero-order valence-electron chi connectivity index (χ0n) is 14.9. The van der Waals surface area contributed by atoms with Gasteiger partial charge < -0.3 is 4.74 Å². The van der Waals surface area contributed by atoms with E-state index in [0.29, 0.717) is 6.61 Å². The van der Waals surface area contributed by atoms with Crippen LogP contribution in [-0.4, -0.2) is 12.6 Å². The molecule has 23 heavy (non-hydrogen) atoms. The van der Waals surface area contributed by atoms with Crippen LogP contribution < -0.4 is 0 Å². The third-order valence-corrected chi connectivity index (χ3v) is 3.95. The van der Waals surface area contributed by atoms with E-state index in [9.17, 15) is 4.79 Å². The van der Waals surface area contributed by atoms with E-state index in [1.54, 1.807) is 0 Å². The lowest BCUT2D eigenvalue weighted by Crippen LogP contribution is -2.02. The summed E-state index contributed by atoms with van der Waals surface area (Å²) in [4.78, 5) is 11.6. The molecule has 1 aromatic rings. The van der Waals surface area contributed by atoms with Crippen molar-refractivity contribution in [1.82, 2.24) is 0 Å². The molecule has 1 aromatic carbocycles. The second-order valence-electron chi connectivity index (χ2n) is 6.11. The van der Waals surface area contributed by atoms with E-state index >= 15 is 0 Å². The van der Waals surface area contributed by atoms with Crippen molar-refractivity contribution in [3.63, 3.8) is 0 Å². The van der Waals surface area contributed by atoms with Gasteiger partial charge in [0.25, 0.3) is 0 Å². The first-order chi connectivity index (χ1) is 11.3. The molecule has 0 bridgehead atoms. The molecule has 0 aliphatic rings. The number of ether oxygens (including phenoxy) is 1. The van der Waals surface area contributed by atoms with Crippen LogP contribution in [0, 0.1) is 0 Å². The molecule has 0 unspecified atom stereocenters. The van der Waals surface area contributed by atoms with Gasteiger partial charge in [-0.15, -0.1) is 0 Å². The maximum atomic E-state index is 11.6. The van der Waals surface area contributed by atoms with Gasteiger partial charge in [-0.05, 0) is 36.5 Å². The largest absolute Gasteiger partial charge is 0.463 e. The Hall–Kier alpha value is -1.57. The topological polar surface area (TPSA) is 26.3 Å². The molecule has 0 aliphatic carbocycles. The highest BCUT2D eigenvalue weighted by atomic mass is 16.5. The molecule has 0 amide bonds. The van der Waals surface area contributed by atoms with Gasteiger partial charge in [-0.1, -0.05) is 76.6 Å². The van der Waals surface area contributed by atoms with Gasteiger partial charge >= 0.3 is 5.97 Å². The fraction of sp³-hybridized carbons (Fsp3) is 0.571. The van der Waals surface area contributed by atoms with Crippen LogP contribution in [0.4, 0.5) is 0 Å². The van der Waals surface area contributed by atoms with Crippen molar-refractivity contribution in [2.75, 3.05) is 6.61 Å². The second kappa shape index (κ2) is 12.9. The smallest absolute Gasteiger partial charge is 0.330 e. The van der Waals surface area contributed by atoms with Crippen molar-refractivity contribution in [2.24, 2.45) is 0 Å². The number of rotatable bonds is 12. The Morgan fingerprint density at radius 1 is 0.913 bits per heavy atom. The maximum Gasteiger partial charge on any atom is 0.330 e. The predicted molar refractivity (Wildman–Crippen MR) is 98.4 cm³/mol. The van der Waals surface area contributed by atoms with Gasteiger partial charge in [-0.3, -0.25) is 0 Å². The molecule has 0 heterocycles. The van der Waals surface area contributed by atoms with Crippen LogP contribution in [0.1, 0.15) is 76.3 Å². The lowest BCUT2D eigenvalue weighted by atomic mass is 10.0. The average Bonchev–Trinajstić information content (AvgIpc) is 2.58. The Labute approximate surface area is 141 Å². The van der Waals surface area contributed by atoms with Crippen molar-refractivity contribution < 1.29 is 9.53 Å². The van der Waals surface area contributed by atoms with E-state index in [1.165, 1.54) is 50.2 Å². The molecule has 0 atom stereocenters. The summed E-state index contributed by atoms with van der Waals surface area (Å²) in [6, 6.07) is 8.45. The fourth-order valence-electron chi connectivity index (χ4n) is 2.47. The highest BCUT2D eigenvalue weighted by Gasteiger charge is 1.98. The summed E-state index contributed by atoms with van der Waals surface area (Å²) < 4.78 is 5.18. The molecular weight excluding hydrogens is 284 g/mol. The molecular formula is C21H32O2. The van der Waals surface area contributed by atoms with E-state index < -0.39 is 0 Å². The SMILES string of the molecule is CCCCCCOC(=O)C=Cc1ccc(CCCCCC)cc1. The maximum absolute atomic E-state index is 11.6. The van der Waals surface area contributed by atoms with E-state index in [2.05, 4.69) is 38.1 Å². The Balaban J connectivity index is 2.26. The first-order valence-corrected chi connectivity index (χ1v) is 9.20. The van der Waals surface area contributed by atoms with Crippen molar-refractivity contribution >= 4 is 12.0 Å². The monoisotopic (exact) mass is 316 g/mol. The molecule has 0 spiro atoms. The van der Waals surface area contributed by atoms with E-state index in [4.69, 9.17) is 4.74 Å². The highest BCUT2D eigenvalue weighted by molar-refractivity contribution is 5.87. The molecule has 0 N–H and O–H groups in total. The highest BCUT2D eigenvalue weighted by Crippen LogP contribution is 2.11. The van der Waals surface area contributed by atoms with Crippen LogP contribution in [-0.2, 0) is 16.0 Å².